The molecule has 0 radical (unpaired) electrons. The van der Waals surface area contributed by atoms with Crippen molar-refractivity contribution in [2.45, 2.75) is 19.4 Å². The van der Waals surface area contributed by atoms with Crippen LogP contribution in [0.1, 0.15) is 12.5 Å². The van der Waals surface area contributed by atoms with E-state index in [1.165, 1.54) is 10.5 Å². The Morgan fingerprint density at radius 3 is 2.48 bits per heavy atom. The number of ether oxygens (including phenoxy) is 1. The number of benzene rings is 2. The maximum absolute atomic E-state index is 12.5. The number of nitrogens with zero attached hydrogens (tertiary/aromatic N) is 1. The lowest BCUT2D eigenvalue weighted by Crippen LogP contribution is -3.19. The molecule has 5 nitrogen and oxygen atoms in total. The van der Waals surface area contributed by atoms with E-state index < -0.39 is 0 Å². The maximum Gasteiger partial charge on any atom is 0.278 e. The number of amides is 1. The highest BCUT2D eigenvalue weighted by Gasteiger charge is 2.29. The molecule has 1 amide bonds. The molecule has 27 heavy (non-hydrogen) atoms. The average molecular weight is 369 g/mol. The highest BCUT2D eigenvalue weighted by atomic mass is 16.5. The van der Waals surface area contributed by atoms with Crippen molar-refractivity contribution < 1.29 is 14.4 Å². The molecule has 3 rings (SSSR count). The van der Waals surface area contributed by atoms with Gasteiger partial charge in [-0.2, -0.15) is 0 Å². The predicted octanol–water partition coefficient (Wildman–Crippen LogP) is 1.15. The van der Waals surface area contributed by atoms with Crippen LogP contribution in [0.4, 0.5) is 5.69 Å². The van der Waals surface area contributed by atoms with Gasteiger partial charge in [-0.05, 0) is 31.0 Å². The van der Waals surface area contributed by atoms with E-state index >= 15 is 0 Å². The first-order chi connectivity index (χ1) is 13.2. The van der Waals surface area contributed by atoms with Crippen LogP contribution in [0.15, 0.2) is 54.6 Å². The Bertz CT molecular complexity index is 727. The average Bonchev–Trinajstić information content (AvgIpc) is 2.74. The molecule has 2 N–H and O–H groups in total. The summed E-state index contributed by atoms with van der Waals surface area (Å²) in [6.07, 6.45) is 0.871. The first kappa shape index (κ1) is 19.2. The molecule has 144 valence electrons. The lowest BCUT2D eigenvalue weighted by Gasteiger charge is -2.36. The van der Waals surface area contributed by atoms with Gasteiger partial charge in [0.2, 0.25) is 0 Å². The summed E-state index contributed by atoms with van der Waals surface area (Å²) < 4.78 is 5.48. The Morgan fingerprint density at radius 1 is 1.11 bits per heavy atom. The minimum absolute atomic E-state index is 0.0272. The van der Waals surface area contributed by atoms with E-state index in [1.54, 1.807) is 7.11 Å². The van der Waals surface area contributed by atoms with E-state index in [1.807, 2.05) is 43.3 Å². The monoisotopic (exact) mass is 368 g/mol. The van der Waals surface area contributed by atoms with Crippen LogP contribution in [-0.2, 0) is 11.2 Å². The van der Waals surface area contributed by atoms with Gasteiger partial charge in [-0.1, -0.05) is 42.5 Å². The van der Waals surface area contributed by atoms with Crippen molar-refractivity contribution >= 4 is 11.6 Å². The van der Waals surface area contributed by atoms with Gasteiger partial charge in [0.15, 0.2) is 6.04 Å². The highest BCUT2D eigenvalue weighted by Crippen LogP contribution is 2.27. The fourth-order valence-corrected chi connectivity index (χ4v) is 3.67. The maximum atomic E-state index is 12.5. The van der Waals surface area contributed by atoms with E-state index in [2.05, 4.69) is 28.4 Å². The number of hydrogen-bond acceptors (Lipinski definition) is 3. The Hall–Kier alpha value is -2.53. The van der Waals surface area contributed by atoms with Crippen molar-refractivity contribution in [3.8, 4) is 5.75 Å². The molecule has 1 heterocycles. The summed E-state index contributed by atoms with van der Waals surface area (Å²) >= 11 is 0. The van der Waals surface area contributed by atoms with Gasteiger partial charge in [0.05, 0.1) is 39.0 Å². The zero-order valence-corrected chi connectivity index (χ0v) is 16.3. The van der Waals surface area contributed by atoms with Crippen LogP contribution in [-0.4, -0.2) is 51.8 Å². The molecular formula is C22H30N3O2+. The van der Waals surface area contributed by atoms with Gasteiger partial charge in [0, 0.05) is 6.54 Å². The molecule has 0 aromatic heterocycles. The van der Waals surface area contributed by atoms with Gasteiger partial charge in [0.25, 0.3) is 5.91 Å². The topological polar surface area (TPSA) is 46.0 Å². The molecule has 1 saturated heterocycles. The minimum atomic E-state index is -0.0272. The van der Waals surface area contributed by atoms with Gasteiger partial charge < -0.3 is 19.9 Å². The van der Waals surface area contributed by atoms with Gasteiger partial charge in [0.1, 0.15) is 5.75 Å². The minimum Gasteiger partial charge on any atom is -0.495 e. The second kappa shape index (κ2) is 9.42. The summed E-state index contributed by atoms with van der Waals surface area (Å²) in [4.78, 5) is 16.2. The zero-order valence-electron chi connectivity index (χ0n) is 16.3. The summed E-state index contributed by atoms with van der Waals surface area (Å²) in [6.45, 7) is 6.48. The predicted molar refractivity (Wildman–Crippen MR) is 109 cm³/mol. The second-order valence-corrected chi connectivity index (χ2v) is 7.07. The van der Waals surface area contributed by atoms with Crippen molar-refractivity contribution in [3.05, 3.63) is 60.2 Å². The number of methoxy groups -OCH3 is 1. The van der Waals surface area contributed by atoms with Crippen LogP contribution in [0.25, 0.3) is 0 Å². The first-order valence-electron chi connectivity index (χ1n) is 9.73. The normalized spacial score (nSPS) is 16.0. The molecule has 1 atom stereocenters. The van der Waals surface area contributed by atoms with Crippen molar-refractivity contribution in [2.24, 2.45) is 0 Å². The van der Waals surface area contributed by atoms with Crippen LogP contribution in [0.3, 0.4) is 0 Å². The number of rotatable bonds is 7. The molecule has 0 unspecified atom stereocenters. The van der Waals surface area contributed by atoms with Crippen molar-refractivity contribution in [3.63, 3.8) is 0 Å². The number of anilines is 1. The van der Waals surface area contributed by atoms with Crippen LogP contribution < -0.4 is 19.9 Å². The standard InChI is InChI=1S/C22H29N3O2/c1-18(22(26)23-13-12-19-8-4-3-5-9-19)24-14-16-25(17-15-24)20-10-6-7-11-21(20)27-2/h3-11,18H,12-17H2,1-2H3,(H,23,26)/p+1/t18-/m1/s1. The molecule has 1 aliphatic rings. The lowest BCUT2D eigenvalue weighted by molar-refractivity contribution is -0.914. The number of quaternary nitrogens is 1. The van der Waals surface area contributed by atoms with Gasteiger partial charge >= 0.3 is 0 Å². The SMILES string of the molecule is COc1ccccc1N1CC[NH+]([C@H](C)C(=O)NCCc2ccccc2)CC1. The van der Waals surface area contributed by atoms with E-state index in [0.717, 1.165) is 44.0 Å². The van der Waals surface area contributed by atoms with Crippen LogP contribution >= 0.6 is 0 Å². The Kier molecular flexibility index (Phi) is 6.71. The molecular weight excluding hydrogens is 338 g/mol. The Balaban J connectivity index is 1.46. The highest BCUT2D eigenvalue weighted by molar-refractivity contribution is 5.79. The quantitative estimate of drug-likeness (QED) is 0.771. The molecule has 5 heteroatoms. The van der Waals surface area contributed by atoms with Crippen molar-refractivity contribution in [2.75, 3.05) is 44.7 Å². The summed E-state index contributed by atoms with van der Waals surface area (Å²) in [5.74, 6) is 1.05. The summed E-state index contributed by atoms with van der Waals surface area (Å²) in [5, 5.41) is 3.10. The van der Waals surface area contributed by atoms with E-state index in [0.29, 0.717) is 6.54 Å². The molecule has 1 aliphatic heterocycles. The van der Waals surface area contributed by atoms with E-state index in [-0.39, 0.29) is 11.9 Å². The van der Waals surface area contributed by atoms with Gasteiger partial charge in [-0.25, -0.2) is 0 Å². The Labute approximate surface area is 161 Å². The largest absolute Gasteiger partial charge is 0.495 e. The Morgan fingerprint density at radius 2 is 1.78 bits per heavy atom. The van der Waals surface area contributed by atoms with E-state index in [4.69, 9.17) is 4.74 Å². The number of piperazine rings is 1. The first-order valence-corrected chi connectivity index (χ1v) is 9.73. The third-order valence-corrected chi connectivity index (χ3v) is 5.39. The van der Waals surface area contributed by atoms with E-state index in [9.17, 15) is 4.79 Å². The third-order valence-electron chi connectivity index (χ3n) is 5.39. The number of hydrogen-bond donors (Lipinski definition) is 2. The van der Waals surface area contributed by atoms with Crippen LogP contribution in [0.2, 0.25) is 0 Å². The third kappa shape index (κ3) is 5.01. The zero-order chi connectivity index (χ0) is 19.1. The number of para-hydroxylation sites is 2. The number of carbonyl (C=O) groups is 1. The molecule has 0 bridgehead atoms. The van der Waals surface area contributed by atoms with Crippen molar-refractivity contribution in [1.29, 1.82) is 0 Å². The number of carbonyl (C=O) groups excluding carboxylic acids is 1. The molecule has 2 aromatic carbocycles. The molecule has 0 spiro atoms. The molecule has 2 aromatic rings. The van der Waals surface area contributed by atoms with Crippen LogP contribution in [0, 0.1) is 0 Å². The molecule has 1 fully saturated rings. The molecule has 0 aliphatic carbocycles. The summed E-state index contributed by atoms with van der Waals surface area (Å²) in [7, 11) is 1.71. The van der Waals surface area contributed by atoms with Gasteiger partial charge in [-0.15, -0.1) is 0 Å². The summed E-state index contributed by atoms with van der Waals surface area (Å²) in [6, 6.07) is 18.4. The molecule has 0 saturated carbocycles. The fraction of sp³-hybridized carbons (Fsp3) is 0.409. The van der Waals surface area contributed by atoms with Crippen molar-refractivity contribution in [1.82, 2.24) is 5.32 Å². The lowest BCUT2D eigenvalue weighted by atomic mass is 10.1. The fourth-order valence-electron chi connectivity index (χ4n) is 3.67. The van der Waals surface area contributed by atoms with Gasteiger partial charge in [-0.3, -0.25) is 4.79 Å². The smallest absolute Gasteiger partial charge is 0.278 e. The second-order valence-electron chi connectivity index (χ2n) is 7.07. The summed E-state index contributed by atoms with van der Waals surface area (Å²) in [5.41, 5.74) is 2.39. The number of nitrogens with one attached hydrogen (secondary N) is 2. The van der Waals surface area contributed by atoms with Crippen LogP contribution in [0.5, 0.6) is 5.75 Å².